The molecule has 1 heterocycles. The van der Waals surface area contributed by atoms with Gasteiger partial charge in [-0.1, -0.05) is 104 Å². The van der Waals surface area contributed by atoms with Crippen molar-refractivity contribution in [2.24, 2.45) is 5.18 Å². The van der Waals surface area contributed by atoms with Crippen molar-refractivity contribution in [3.05, 3.63) is 117 Å². The Morgan fingerprint density at radius 3 is 2.47 bits per heavy atom. The van der Waals surface area contributed by atoms with Gasteiger partial charge in [0, 0.05) is 27.9 Å². The Balaban J connectivity index is 0.000000458. The normalized spacial score (nSPS) is 14.8. The number of hydrogen-bond acceptors (Lipinski definition) is 6. The van der Waals surface area contributed by atoms with Crippen LogP contribution in [0.5, 0.6) is 5.88 Å². The predicted octanol–water partition coefficient (Wildman–Crippen LogP) is 6.46. The molecule has 2 aliphatic carbocycles. The van der Waals surface area contributed by atoms with Crippen molar-refractivity contribution in [1.29, 1.82) is 0 Å². The van der Waals surface area contributed by atoms with Gasteiger partial charge < -0.3 is 15.2 Å². The van der Waals surface area contributed by atoms with Crippen LogP contribution in [0, 0.1) is 4.91 Å². The van der Waals surface area contributed by atoms with Crippen LogP contribution in [0.2, 0.25) is 0 Å². The van der Waals surface area contributed by atoms with Crippen LogP contribution < -0.4 is 10.1 Å². The SMILES string of the molecule is O=NC(=O)c1cc(OCc2ccccc2C2=C(Cl)C=CCC=C2)n(CC(=O)NC2CCCCC2)n1.OCc1ccccc1. The molecular weight excluding hydrogens is 568 g/mol. The molecule has 0 saturated heterocycles. The molecule has 2 aromatic carbocycles. The van der Waals surface area contributed by atoms with Crippen LogP contribution in [0.15, 0.2) is 95.2 Å². The third-order valence-electron chi connectivity index (χ3n) is 7.10. The number of aliphatic hydroxyl groups excluding tert-OH is 1. The van der Waals surface area contributed by atoms with E-state index in [0.717, 1.165) is 54.4 Å². The lowest BCUT2D eigenvalue weighted by Gasteiger charge is -2.22. The molecule has 43 heavy (non-hydrogen) atoms. The molecule has 0 aliphatic heterocycles. The fourth-order valence-electron chi connectivity index (χ4n) is 4.90. The summed E-state index contributed by atoms with van der Waals surface area (Å²) in [5.74, 6) is -1.05. The summed E-state index contributed by atoms with van der Waals surface area (Å²) in [5, 5.41) is 18.7. The van der Waals surface area contributed by atoms with Gasteiger partial charge in [-0.05, 0) is 42.0 Å². The monoisotopic (exact) mass is 602 g/mol. The number of nitroso groups, excluding NO2 is 1. The number of nitrogens with zero attached hydrogens (tertiary/aromatic N) is 3. The predicted molar refractivity (Wildman–Crippen MR) is 166 cm³/mol. The summed E-state index contributed by atoms with van der Waals surface area (Å²) in [6.45, 7) is 0.143. The molecule has 2 amide bonds. The van der Waals surface area contributed by atoms with Crippen molar-refractivity contribution >= 4 is 29.0 Å². The Labute approximate surface area is 255 Å². The maximum absolute atomic E-state index is 12.7. The van der Waals surface area contributed by atoms with E-state index in [9.17, 15) is 14.5 Å². The Bertz CT molecular complexity index is 1490. The highest BCUT2D eigenvalue weighted by atomic mass is 35.5. The molecule has 9 nitrogen and oxygen atoms in total. The van der Waals surface area contributed by atoms with Gasteiger partial charge in [0.2, 0.25) is 11.8 Å². The molecule has 0 atom stereocenters. The molecular formula is C33H35ClN4O5. The Kier molecular flexibility index (Phi) is 12.0. The lowest BCUT2D eigenvalue weighted by atomic mass is 9.95. The summed E-state index contributed by atoms with van der Waals surface area (Å²) in [5.41, 5.74) is 3.44. The van der Waals surface area contributed by atoms with Crippen molar-refractivity contribution in [3.63, 3.8) is 0 Å². The van der Waals surface area contributed by atoms with Crippen molar-refractivity contribution in [2.45, 2.75) is 64.3 Å². The minimum atomic E-state index is -1.02. The molecule has 1 aromatic heterocycles. The van der Waals surface area contributed by atoms with Gasteiger partial charge in [-0.2, -0.15) is 5.10 Å². The molecule has 0 bridgehead atoms. The first-order valence-corrected chi connectivity index (χ1v) is 14.7. The van der Waals surface area contributed by atoms with E-state index < -0.39 is 5.91 Å². The summed E-state index contributed by atoms with van der Waals surface area (Å²) in [6.07, 6.45) is 13.9. The second-order valence-electron chi connectivity index (χ2n) is 10.2. The highest BCUT2D eigenvalue weighted by molar-refractivity contribution is 6.35. The number of carbonyl (C=O) groups is 2. The van der Waals surface area contributed by atoms with Crippen molar-refractivity contribution < 1.29 is 19.4 Å². The third-order valence-corrected chi connectivity index (χ3v) is 7.42. The van der Waals surface area contributed by atoms with Gasteiger partial charge in [0.15, 0.2) is 5.69 Å². The van der Waals surface area contributed by atoms with Gasteiger partial charge in [0.25, 0.3) is 0 Å². The molecule has 0 spiro atoms. The van der Waals surface area contributed by atoms with E-state index in [1.807, 2.05) is 78.9 Å². The van der Waals surface area contributed by atoms with Crippen LogP contribution in [-0.4, -0.2) is 32.7 Å². The van der Waals surface area contributed by atoms with Crippen molar-refractivity contribution in [3.8, 4) is 5.88 Å². The number of aliphatic hydroxyl groups is 1. The quantitative estimate of drug-likeness (QED) is 0.271. The summed E-state index contributed by atoms with van der Waals surface area (Å²) in [7, 11) is 0. The third kappa shape index (κ3) is 9.33. The first-order valence-electron chi connectivity index (χ1n) is 14.3. The lowest BCUT2D eigenvalue weighted by molar-refractivity contribution is -0.122. The summed E-state index contributed by atoms with van der Waals surface area (Å²) in [6, 6.07) is 18.7. The zero-order valence-corrected chi connectivity index (χ0v) is 24.6. The molecule has 10 heteroatoms. The van der Waals surface area contributed by atoms with E-state index in [-0.39, 0.29) is 43.3 Å². The van der Waals surface area contributed by atoms with E-state index in [1.165, 1.54) is 17.2 Å². The second-order valence-corrected chi connectivity index (χ2v) is 10.6. The van der Waals surface area contributed by atoms with Crippen LogP contribution in [0.3, 0.4) is 0 Å². The van der Waals surface area contributed by atoms with E-state index >= 15 is 0 Å². The maximum Gasteiger partial charge on any atom is 0.337 e. The molecule has 2 N–H and O–H groups in total. The molecule has 224 valence electrons. The number of ether oxygens (including phenoxy) is 1. The average molecular weight is 603 g/mol. The minimum absolute atomic E-state index is 0.135. The Morgan fingerprint density at radius 1 is 1.02 bits per heavy atom. The molecule has 0 unspecified atom stereocenters. The topological polar surface area (TPSA) is 123 Å². The fraction of sp³-hybridized carbons (Fsp3) is 0.303. The average Bonchev–Trinajstić information content (AvgIpc) is 3.31. The van der Waals surface area contributed by atoms with Crippen molar-refractivity contribution in [1.82, 2.24) is 15.1 Å². The van der Waals surface area contributed by atoms with Gasteiger partial charge >= 0.3 is 5.91 Å². The maximum atomic E-state index is 12.7. The molecule has 0 radical (unpaired) electrons. The van der Waals surface area contributed by atoms with Gasteiger partial charge in [-0.15, -0.1) is 4.91 Å². The fourth-order valence-corrected chi connectivity index (χ4v) is 5.16. The van der Waals surface area contributed by atoms with Crippen LogP contribution in [0.25, 0.3) is 5.57 Å². The number of amides is 2. The van der Waals surface area contributed by atoms with Crippen LogP contribution in [-0.2, 0) is 24.6 Å². The number of benzene rings is 2. The molecule has 2 aliphatic rings. The largest absolute Gasteiger partial charge is 0.473 e. The number of halogens is 1. The van der Waals surface area contributed by atoms with Crippen LogP contribution in [0.4, 0.5) is 0 Å². The van der Waals surface area contributed by atoms with E-state index in [0.29, 0.717) is 5.03 Å². The number of rotatable bonds is 9. The van der Waals surface area contributed by atoms with Gasteiger partial charge in [0.1, 0.15) is 13.2 Å². The zero-order chi connectivity index (χ0) is 30.4. The van der Waals surface area contributed by atoms with Crippen LogP contribution in [0.1, 0.15) is 65.7 Å². The summed E-state index contributed by atoms with van der Waals surface area (Å²) < 4.78 is 7.30. The number of allylic oxidation sites excluding steroid dienone is 6. The van der Waals surface area contributed by atoms with E-state index in [4.69, 9.17) is 21.4 Å². The first kappa shape index (κ1) is 31.6. The molecule has 1 fully saturated rings. The Morgan fingerprint density at radius 2 is 1.74 bits per heavy atom. The number of hydrogen-bond donors (Lipinski definition) is 2. The standard InChI is InChI=1S/C26H27ClN4O4.C7H8O/c27-22-14-6-2-5-13-21(22)20-12-8-7-9-18(20)17-35-25-15-23(26(33)30-34)29-31(25)16-24(32)28-19-10-3-1-4-11-19;8-6-7-4-2-1-3-5-7/h5-9,12-15,19H,1-4,10-11,16-17H2,(H,28,32);1-5,8H,6H2. The molecule has 3 aromatic rings. The number of carbonyl (C=O) groups excluding carboxylic acids is 2. The van der Waals surface area contributed by atoms with E-state index in [2.05, 4.69) is 15.6 Å². The summed E-state index contributed by atoms with van der Waals surface area (Å²) >= 11 is 6.49. The lowest BCUT2D eigenvalue weighted by Crippen LogP contribution is -2.38. The van der Waals surface area contributed by atoms with Gasteiger partial charge in [0.05, 0.1) is 6.61 Å². The Hall–Kier alpha value is -4.34. The minimum Gasteiger partial charge on any atom is -0.473 e. The highest BCUT2D eigenvalue weighted by Gasteiger charge is 2.21. The van der Waals surface area contributed by atoms with Gasteiger partial charge in [-0.25, -0.2) is 4.68 Å². The van der Waals surface area contributed by atoms with E-state index in [1.54, 1.807) is 0 Å². The number of aromatic nitrogens is 2. The zero-order valence-electron chi connectivity index (χ0n) is 23.8. The first-order chi connectivity index (χ1) is 21.0. The second kappa shape index (κ2) is 16.3. The molecule has 5 rings (SSSR count). The van der Waals surface area contributed by atoms with Gasteiger partial charge in [-0.3, -0.25) is 9.59 Å². The summed E-state index contributed by atoms with van der Waals surface area (Å²) in [4.78, 5) is 35.3. The number of nitrogens with one attached hydrogen (secondary N) is 1. The highest BCUT2D eigenvalue weighted by Crippen LogP contribution is 2.29. The van der Waals surface area contributed by atoms with Crippen LogP contribution >= 0.6 is 11.6 Å². The smallest absolute Gasteiger partial charge is 0.337 e. The van der Waals surface area contributed by atoms with Crippen molar-refractivity contribution in [2.75, 3.05) is 0 Å². The molecule has 1 saturated carbocycles.